The topological polar surface area (TPSA) is 112 Å². The van der Waals surface area contributed by atoms with Gasteiger partial charge in [0.2, 0.25) is 11.8 Å². The van der Waals surface area contributed by atoms with Gasteiger partial charge in [-0.3, -0.25) is 19.3 Å². The zero-order valence-corrected chi connectivity index (χ0v) is 15.6. The molecular formula is C20H18FN5O3. The standard InChI is InChI=1S/C20H18FN5O3/c1-26-11-12(10-24-26)16-9-14(4-7-23-16)29-17-3-2-13(8-15(17)21)25-19(28)20(5-6-20)18(22)27/h2-4,7-11H,5-6H2,1H3,(H2,22,27)(H,25,28). The lowest BCUT2D eigenvalue weighted by molar-refractivity contribution is -0.132. The number of carbonyl (C=O) groups is 2. The van der Waals surface area contributed by atoms with Crippen molar-refractivity contribution in [3.8, 4) is 22.8 Å². The van der Waals surface area contributed by atoms with E-state index >= 15 is 0 Å². The number of anilines is 1. The first kappa shape index (κ1) is 18.6. The first-order valence-corrected chi connectivity index (χ1v) is 8.91. The average molecular weight is 395 g/mol. The van der Waals surface area contributed by atoms with Gasteiger partial charge >= 0.3 is 0 Å². The third kappa shape index (κ3) is 3.66. The van der Waals surface area contributed by atoms with Gasteiger partial charge in [0.05, 0.1) is 11.9 Å². The number of hydrogen-bond acceptors (Lipinski definition) is 5. The van der Waals surface area contributed by atoms with E-state index in [1.165, 1.54) is 12.1 Å². The van der Waals surface area contributed by atoms with Crippen molar-refractivity contribution in [3.05, 3.63) is 54.7 Å². The highest BCUT2D eigenvalue weighted by atomic mass is 19.1. The van der Waals surface area contributed by atoms with E-state index in [0.29, 0.717) is 24.3 Å². The number of primary amides is 1. The summed E-state index contributed by atoms with van der Waals surface area (Å²) in [5.41, 5.74) is 5.77. The Morgan fingerprint density at radius 1 is 1.28 bits per heavy atom. The van der Waals surface area contributed by atoms with E-state index in [1.807, 2.05) is 6.20 Å². The second-order valence-corrected chi connectivity index (χ2v) is 6.93. The molecule has 8 nitrogen and oxygen atoms in total. The first-order valence-electron chi connectivity index (χ1n) is 8.91. The Kier molecular flexibility index (Phi) is 4.50. The number of rotatable bonds is 6. The Hall–Kier alpha value is -3.75. The fraction of sp³-hybridized carbons (Fsp3) is 0.200. The minimum atomic E-state index is -1.18. The van der Waals surface area contributed by atoms with Gasteiger partial charge in [-0.15, -0.1) is 0 Å². The van der Waals surface area contributed by atoms with Gasteiger partial charge < -0.3 is 15.8 Å². The molecule has 0 spiro atoms. The fourth-order valence-corrected chi connectivity index (χ4v) is 2.94. The van der Waals surface area contributed by atoms with Gasteiger partial charge in [0.15, 0.2) is 11.6 Å². The summed E-state index contributed by atoms with van der Waals surface area (Å²) in [5, 5.41) is 6.64. The van der Waals surface area contributed by atoms with Gasteiger partial charge in [-0.1, -0.05) is 0 Å². The molecule has 9 heteroatoms. The maximum absolute atomic E-state index is 14.5. The maximum Gasteiger partial charge on any atom is 0.240 e. The van der Waals surface area contributed by atoms with Crippen LogP contribution in [0.15, 0.2) is 48.9 Å². The summed E-state index contributed by atoms with van der Waals surface area (Å²) < 4.78 is 21.8. The number of nitrogens with one attached hydrogen (secondary N) is 1. The van der Waals surface area contributed by atoms with Crippen LogP contribution < -0.4 is 15.8 Å². The average Bonchev–Trinajstić information content (AvgIpc) is 3.40. The Morgan fingerprint density at radius 2 is 2.07 bits per heavy atom. The van der Waals surface area contributed by atoms with Gasteiger partial charge in [0.1, 0.15) is 11.2 Å². The molecule has 2 amide bonds. The molecule has 1 saturated carbocycles. The van der Waals surface area contributed by atoms with E-state index in [0.717, 1.165) is 11.6 Å². The molecule has 1 aliphatic rings. The third-order valence-corrected chi connectivity index (χ3v) is 4.81. The van der Waals surface area contributed by atoms with Crippen LogP contribution in [0.3, 0.4) is 0 Å². The van der Waals surface area contributed by atoms with E-state index in [4.69, 9.17) is 10.5 Å². The number of ether oxygens (including phenoxy) is 1. The highest BCUT2D eigenvalue weighted by Crippen LogP contribution is 2.46. The Balaban J connectivity index is 1.49. The minimum absolute atomic E-state index is 0.0117. The third-order valence-electron chi connectivity index (χ3n) is 4.81. The Bertz CT molecular complexity index is 1110. The van der Waals surface area contributed by atoms with Crippen LogP contribution in [-0.2, 0) is 16.6 Å². The summed E-state index contributed by atoms with van der Waals surface area (Å²) in [6.07, 6.45) is 5.84. The molecule has 0 unspecified atom stereocenters. The molecule has 1 aliphatic carbocycles. The van der Waals surface area contributed by atoms with Crippen LogP contribution in [0.25, 0.3) is 11.3 Å². The molecule has 0 aliphatic heterocycles. The van der Waals surface area contributed by atoms with Crippen molar-refractivity contribution in [2.75, 3.05) is 5.32 Å². The lowest BCUT2D eigenvalue weighted by atomic mass is 10.1. The van der Waals surface area contributed by atoms with Gasteiger partial charge in [-0.25, -0.2) is 4.39 Å². The van der Waals surface area contributed by atoms with Crippen molar-refractivity contribution in [1.29, 1.82) is 0 Å². The zero-order valence-electron chi connectivity index (χ0n) is 15.6. The number of halogens is 1. The highest BCUT2D eigenvalue weighted by Gasteiger charge is 2.55. The van der Waals surface area contributed by atoms with Crippen molar-refractivity contribution < 1.29 is 18.7 Å². The van der Waals surface area contributed by atoms with Crippen molar-refractivity contribution in [3.63, 3.8) is 0 Å². The molecule has 3 aromatic rings. The van der Waals surface area contributed by atoms with Crippen molar-refractivity contribution >= 4 is 17.5 Å². The normalized spacial score (nSPS) is 14.3. The number of benzene rings is 1. The first-order chi connectivity index (χ1) is 13.9. The van der Waals surface area contributed by atoms with E-state index < -0.39 is 23.0 Å². The monoisotopic (exact) mass is 395 g/mol. The Morgan fingerprint density at radius 3 is 2.69 bits per heavy atom. The van der Waals surface area contributed by atoms with Gasteiger partial charge in [0.25, 0.3) is 0 Å². The van der Waals surface area contributed by atoms with Gasteiger partial charge in [-0.2, -0.15) is 5.10 Å². The molecule has 2 heterocycles. The predicted octanol–water partition coefficient (Wildman–Crippen LogP) is 2.62. The number of aromatic nitrogens is 3. The molecule has 0 saturated heterocycles. The number of amides is 2. The number of aryl methyl sites for hydroxylation is 1. The summed E-state index contributed by atoms with van der Waals surface area (Å²) in [4.78, 5) is 27.9. The summed E-state index contributed by atoms with van der Waals surface area (Å²) >= 11 is 0. The SMILES string of the molecule is Cn1cc(-c2cc(Oc3ccc(NC(=O)C4(C(N)=O)CC4)cc3F)ccn2)cn1. The molecule has 2 aromatic heterocycles. The molecule has 3 N–H and O–H groups in total. The van der Waals surface area contributed by atoms with Gasteiger partial charge in [0, 0.05) is 42.8 Å². The molecule has 0 radical (unpaired) electrons. The second-order valence-electron chi connectivity index (χ2n) is 6.93. The molecule has 1 fully saturated rings. The number of pyridine rings is 1. The van der Waals surface area contributed by atoms with E-state index in [2.05, 4.69) is 15.4 Å². The highest BCUT2D eigenvalue weighted by molar-refractivity contribution is 6.12. The summed E-state index contributed by atoms with van der Waals surface area (Å²) in [7, 11) is 1.80. The van der Waals surface area contributed by atoms with E-state index in [1.54, 1.807) is 36.3 Å². The van der Waals surface area contributed by atoms with E-state index in [-0.39, 0.29) is 11.4 Å². The zero-order chi connectivity index (χ0) is 20.6. The smallest absolute Gasteiger partial charge is 0.240 e. The predicted molar refractivity (Wildman–Crippen MR) is 102 cm³/mol. The van der Waals surface area contributed by atoms with Gasteiger partial charge in [-0.05, 0) is 31.0 Å². The minimum Gasteiger partial charge on any atom is -0.454 e. The number of hydrogen-bond donors (Lipinski definition) is 2. The van der Waals surface area contributed by atoms with E-state index in [9.17, 15) is 14.0 Å². The van der Waals surface area contributed by atoms with Crippen LogP contribution in [-0.4, -0.2) is 26.6 Å². The fourth-order valence-electron chi connectivity index (χ4n) is 2.94. The molecule has 0 atom stereocenters. The lowest BCUT2D eigenvalue weighted by Crippen LogP contribution is -2.36. The molecule has 1 aromatic carbocycles. The summed E-state index contributed by atoms with van der Waals surface area (Å²) in [6, 6.07) is 7.32. The summed E-state index contributed by atoms with van der Waals surface area (Å²) in [5.74, 6) is -1.46. The molecule has 148 valence electrons. The largest absolute Gasteiger partial charge is 0.454 e. The molecular weight excluding hydrogens is 377 g/mol. The summed E-state index contributed by atoms with van der Waals surface area (Å²) in [6.45, 7) is 0. The molecule has 29 heavy (non-hydrogen) atoms. The maximum atomic E-state index is 14.5. The number of nitrogens with two attached hydrogens (primary N) is 1. The van der Waals surface area contributed by atoms with Crippen molar-refractivity contribution in [2.24, 2.45) is 18.2 Å². The van der Waals surface area contributed by atoms with Crippen LogP contribution >= 0.6 is 0 Å². The van der Waals surface area contributed by atoms with Crippen molar-refractivity contribution in [2.45, 2.75) is 12.8 Å². The van der Waals surface area contributed by atoms with Crippen molar-refractivity contribution in [1.82, 2.24) is 14.8 Å². The van der Waals surface area contributed by atoms with Crippen LogP contribution in [0.5, 0.6) is 11.5 Å². The van der Waals surface area contributed by atoms with Crippen LogP contribution in [0.4, 0.5) is 10.1 Å². The van der Waals surface area contributed by atoms with Crippen LogP contribution in [0.1, 0.15) is 12.8 Å². The number of carbonyl (C=O) groups excluding carboxylic acids is 2. The number of nitrogens with zero attached hydrogens (tertiary/aromatic N) is 3. The molecule has 4 rings (SSSR count). The Labute approximate surface area is 165 Å². The van der Waals surface area contributed by atoms with Crippen LogP contribution in [0.2, 0.25) is 0 Å². The van der Waals surface area contributed by atoms with Crippen LogP contribution in [0, 0.1) is 11.2 Å². The quantitative estimate of drug-likeness (QED) is 0.623. The molecule has 0 bridgehead atoms. The lowest BCUT2D eigenvalue weighted by Gasteiger charge is -2.13. The second kappa shape index (κ2) is 7.01.